The van der Waals surface area contributed by atoms with E-state index in [4.69, 9.17) is 9.15 Å². The molecule has 4 heterocycles. The molecular weight excluding hydrogens is 585 g/mol. The molecule has 218 valence electrons. The van der Waals surface area contributed by atoms with Crippen molar-refractivity contribution in [3.05, 3.63) is 135 Å². The summed E-state index contributed by atoms with van der Waals surface area (Å²) in [6.07, 6.45) is 1.43. The molecular formula is C33H22FN3O6S. The topological polar surface area (TPSA) is 110 Å². The number of aromatic nitrogens is 1. The molecule has 44 heavy (non-hydrogen) atoms. The number of fused-ring (bicyclic) bond motifs is 5. The van der Waals surface area contributed by atoms with Crippen molar-refractivity contribution in [3.8, 4) is 0 Å². The van der Waals surface area contributed by atoms with Gasteiger partial charge in [-0.2, -0.15) is 0 Å². The van der Waals surface area contributed by atoms with Crippen LogP contribution in [0.25, 0.3) is 11.0 Å². The van der Waals surface area contributed by atoms with Crippen molar-refractivity contribution in [1.82, 2.24) is 4.98 Å². The molecule has 3 aromatic carbocycles. The SMILES string of the molecule is C=CCOC(=O)c1sc(N2C(=O)c3oc4ccccc4c(=O)c3C23C(=O)N(Cc2ccc(F)cc2)c2ccccc23)nc1C. The van der Waals surface area contributed by atoms with Gasteiger partial charge in [0.2, 0.25) is 5.76 Å². The Morgan fingerprint density at radius 2 is 1.80 bits per heavy atom. The zero-order chi connectivity index (χ0) is 30.7. The zero-order valence-corrected chi connectivity index (χ0v) is 24.0. The van der Waals surface area contributed by atoms with E-state index in [1.54, 1.807) is 67.6 Å². The maximum absolute atomic E-state index is 15.0. The summed E-state index contributed by atoms with van der Waals surface area (Å²) in [4.78, 5) is 63.8. The lowest BCUT2D eigenvalue weighted by atomic mass is 9.84. The number of nitrogens with zero attached hydrogens (tertiary/aromatic N) is 3. The normalized spacial score (nSPS) is 17.0. The molecule has 0 aliphatic carbocycles. The van der Waals surface area contributed by atoms with E-state index < -0.39 is 34.6 Å². The summed E-state index contributed by atoms with van der Waals surface area (Å²) in [6, 6.07) is 19.1. The van der Waals surface area contributed by atoms with Crippen molar-refractivity contribution in [3.63, 3.8) is 0 Å². The fraction of sp³-hybridized carbons (Fsp3) is 0.121. The molecule has 9 nitrogen and oxygen atoms in total. The van der Waals surface area contributed by atoms with Gasteiger partial charge in [0.25, 0.3) is 11.8 Å². The quantitative estimate of drug-likeness (QED) is 0.185. The number of rotatable bonds is 6. The molecule has 0 bridgehead atoms. The van der Waals surface area contributed by atoms with E-state index >= 15 is 0 Å². The molecule has 2 aromatic heterocycles. The van der Waals surface area contributed by atoms with E-state index in [-0.39, 0.29) is 51.1 Å². The van der Waals surface area contributed by atoms with Crippen LogP contribution in [0.3, 0.4) is 0 Å². The summed E-state index contributed by atoms with van der Waals surface area (Å²) < 4.78 is 25.0. The van der Waals surface area contributed by atoms with Crippen molar-refractivity contribution in [2.75, 3.05) is 16.4 Å². The lowest BCUT2D eigenvalue weighted by Gasteiger charge is -2.32. The molecule has 0 radical (unpaired) electrons. The van der Waals surface area contributed by atoms with Crippen molar-refractivity contribution in [1.29, 1.82) is 0 Å². The molecule has 0 fully saturated rings. The molecule has 7 rings (SSSR count). The number of amides is 2. The van der Waals surface area contributed by atoms with E-state index in [9.17, 15) is 23.6 Å². The van der Waals surface area contributed by atoms with Gasteiger partial charge in [-0.3, -0.25) is 19.3 Å². The van der Waals surface area contributed by atoms with Gasteiger partial charge in [-0.05, 0) is 42.8 Å². The lowest BCUT2D eigenvalue weighted by Crippen LogP contribution is -2.53. The Balaban J connectivity index is 1.50. The minimum absolute atomic E-state index is 0.0136. The number of esters is 1. The predicted molar refractivity (Wildman–Crippen MR) is 161 cm³/mol. The number of ether oxygens (including phenoxy) is 1. The van der Waals surface area contributed by atoms with E-state index in [1.165, 1.54) is 23.1 Å². The molecule has 0 N–H and O–H groups in total. The number of thiazole rings is 1. The van der Waals surface area contributed by atoms with Crippen molar-refractivity contribution < 1.29 is 27.9 Å². The first-order valence-electron chi connectivity index (χ1n) is 13.6. The number of benzene rings is 3. The third-order valence-electron chi connectivity index (χ3n) is 7.78. The van der Waals surface area contributed by atoms with Gasteiger partial charge in [0.1, 0.15) is 22.9 Å². The summed E-state index contributed by atoms with van der Waals surface area (Å²) in [5.41, 5.74) is -0.751. The van der Waals surface area contributed by atoms with Gasteiger partial charge in [0.05, 0.1) is 28.9 Å². The minimum atomic E-state index is -2.00. The first-order valence-corrected chi connectivity index (χ1v) is 14.4. The van der Waals surface area contributed by atoms with Crippen LogP contribution in [0.5, 0.6) is 0 Å². The number of hydrogen-bond acceptors (Lipinski definition) is 8. The Morgan fingerprint density at radius 1 is 1.07 bits per heavy atom. The summed E-state index contributed by atoms with van der Waals surface area (Å²) in [5, 5.41) is 0.214. The maximum Gasteiger partial charge on any atom is 0.350 e. The predicted octanol–water partition coefficient (Wildman–Crippen LogP) is 5.49. The first kappa shape index (κ1) is 27.4. The highest BCUT2D eigenvalue weighted by atomic mass is 32.1. The first-order chi connectivity index (χ1) is 21.3. The highest BCUT2D eigenvalue weighted by Crippen LogP contribution is 2.55. The lowest BCUT2D eigenvalue weighted by molar-refractivity contribution is -0.121. The monoisotopic (exact) mass is 607 g/mol. The fourth-order valence-electron chi connectivity index (χ4n) is 5.91. The second-order valence-electron chi connectivity index (χ2n) is 10.3. The number of para-hydroxylation sites is 2. The van der Waals surface area contributed by atoms with Crippen molar-refractivity contribution in [2.45, 2.75) is 19.0 Å². The Kier molecular flexibility index (Phi) is 6.29. The molecule has 1 atom stereocenters. The molecule has 2 amide bonds. The van der Waals surface area contributed by atoms with Crippen LogP contribution in [-0.4, -0.2) is 29.4 Å². The van der Waals surface area contributed by atoms with Gasteiger partial charge >= 0.3 is 5.97 Å². The second-order valence-corrected chi connectivity index (χ2v) is 11.3. The van der Waals surface area contributed by atoms with Crippen LogP contribution in [0.1, 0.15) is 42.6 Å². The van der Waals surface area contributed by atoms with Crippen molar-refractivity contribution in [2.24, 2.45) is 0 Å². The van der Waals surface area contributed by atoms with Crippen LogP contribution in [0.15, 0.2) is 94.7 Å². The van der Waals surface area contributed by atoms with E-state index in [0.717, 1.165) is 16.2 Å². The second kappa shape index (κ2) is 10.1. The number of anilines is 2. The molecule has 0 saturated heterocycles. The molecule has 11 heteroatoms. The smallest absolute Gasteiger partial charge is 0.350 e. The van der Waals surface area contributed by atoms with Crippen LogP contribution in [0.4, 0.5) is 15.2 Å². The van der Waals surface area contributed by atoms with Crippen LogP contribution < -0.4 is 15.2 Å². The van der Waals surface area contributed by atoms with Gasteiger partial charge in [-0.25, -0.2) is 14.2 Å². The van der Waals surface area contributed by atoms with Gasteiger partial charge in [-0.1, -0.05) is 66.5 Å². The summed E-state index contributed by atoms with van der Waals surface area (Å²) >= 11 is 0.873. The highest BCUT2D eigenvalue weighted by Gasteiger charge is 2.66. The molecule has 1 spiro atoms. The zero-order valence-electron chi connectivity index (χ0n) is 23.2. The summed E-state index contributed by atoms with van der Waals surface area (Å²) in [6.45, 7) is 5.15. The van der Waals surface area contributed by atoms with Crippen LogP contribution >= 0.6 is 11.3 Å². The molecule has 0 saturated carbocycles. The third-order valence-corrected chi connectivity index (χ3v) is 8.90. The van der Waals surface area contributed by atoms with E-state index in [0.29, 0.717) is 16.8 Å². The average Bonchev–Trinajstić information content (AvgIpc) is 3.62. The Labute approximate surface area is 253 Å². The van der Waals surface area contributed by atoms with Crippen molar-refractivity contribution >= 4 is 50.9 Å². The van der Waals surface area contributed by atoms with Gasteiger partial charge in [0, 0.05) is 5.56 Å². The third kappa shape index (κ3) is 3.79. The maximum atomic E-state index is 15.0. The standard InChI is InChI=1S/C33H22FN3O6S/c1-3-16-42-30(40)28-18(2)35-32(44-28)37-29(39)27-25(26(38)21-8-4-7-11-24(21)43-27)33(37)22-9-5-6-10-23(22)36(31(33)41)17-19-12-14-20(34)15-13-19/h3-15H,1,16-17H2,2H3. The Morgan fingerprint density at radius 3 is 2.57 bits per heavy atom. The fourth-order valence-corrected chi connectivity index (χ4v) is 6.92. The number of carbonyl (C=O) groups is 3. The number of halogens is 1. The van der Waals surface area contributed by atoms with Crippen LogP contribution in [-0.2, 0) is 21.6 Å². The molecule has 2 aliphatic heterocycles. The summed E-state index contributed by atoms with van der Waals surface area (Å²) in [7, 11) is 0. The largest absolute Gasteiger partial charge is 0.457 e. The number of carbonyl (C=O) groups excluding carboxylic acids is 3. The molecule has 5 aromatic rings. The summed E-state index contributed by atoms with van der Waals surface area (Å²) in [5.74, 6) is -2.73. The number of aryl methyl sites for hydroxylation is 1. The molecule has 2 aliphatic rings. The highest BCUT2D eigenvalue weighted by molar-refractivity contribution is 7.17. The van der Waals surface area contributed by atoms with Crippen LogP contribution in [0, 0.1) is 12.7 Å². The van der Waals surface area contributed by atoms with E-state index in [1.807, 2.05) is 0 Å². The minimum Gasteiger partial charge on any atom is -0.457 e. The Hall–Kier alpha value is -5.42. The van der Waals surface area contributed by atoms with Gasteiger partial charge in [-0.15, -0.1) is 0 Å². The van der Waals surface area contributed by atoms with Gasteiger partial charge in [0.15, 0.2) is 16.1 Å². The van der Waals surface area contributed by atoms with Crippen LogP contribution in [0.2, 0.25) is 0 Å². The molecule has 1 unspecified atom stereocenters. The van der Waals surface area contributed by atoms with Gasteiger partial charge < -0.3 is 14.1 Å². The average molecular weight is 608 g/mol. The van der Waals surface area contributed by atoms with E-state index in [2.05, 4.69) is 11.6 Å². The Bertz CT molecular complexity index is 2100. The number of hydrogen-bond donors (Lipinski definition) is 0.